The Balaban J connectivity index is 1.97. The second kappa shape index (κ2) is 8.67. The lowest BCUT2D eigenvalue weighted by Crippen LogP contribution is -2.41. The van der Waals surface area contributed by atoms with Gasteiger partial charge in [-0.1, -0.05) is 12.1 Å². The van der Waals surface area contributed by atoms with Gasteiger partial charge >= 0.3 is 5.97 Å². The number of hydrogen-bond acceptors (Lipinski definition) is 5. The van der Waals surface area contributed by atoms with Crippen LogP contribution in [0.4, 0.5) is 5.69 Å². The Morgan fingerprint density at radius 1 is 1.46 bits per heavy atom. The number of nitrogens with two attached hydrogens (primary N) is 1. The van der Waals surface area contributed by atoms with E-state index in [4.69, 9.17) is 17.4 Å². The van der Waals surface area contributed by atoms with Crippen molar-refractivity contribution in [3.05, 3.63) is 29.8 Å². The van der Waals surface area contributed by atoms with Gasteiger partial charge in [0.15, 0.2) is 0 Å². The van der Waals surface area contributed by atoms with Crippen LogP contribution in [0.15, 0.2) is 29.4 Å². The molecule has 1 unspecified atom stereocenters. The molecule has 4 N–H and O–H groups in total. The summed E-state index contributed by atoms with van der Waals surface area (Å²) in [5.74, 6) is 4.97. The number of carboxylic acid groups (broad SMARTS) is 1. The molecule has 0 aromatic heterocycles. The molecular formula is C18H20N4O4. The fourth-order valence-electron chi connectivity index (χ4n) is 2.81. The third-order valence-corrected chi connectivity index (χ3v) is 4.13. The number of hydrogen-bond donors (Lipinski definition) is 3. The molecule has 136 valence electrons. The summed E-state index contributed by atoms with van der Waals surface area (Å²) in [5.41, 5.74) is 1.54. The zero-order valence-corrected chi connectivity index (χ0v) is 14.1. The van der Waals surface area contributed by atoms with Crippen LogP contribution in [0.2, 0.25) is 0 Å². The number of carbonyl (C=O) groups excluding carboxylic acids is 2. The summed E-state index contributed by atoms with van der Waals surface area (Å²) in [6.45, 7) is 0.494. The normalized spacial score (nSPS) is 17.9. The van der Waals surface area contributed by atoms with Crippen molar-refractivity contribution >= 4 is 29.7 Å². The number of benzene rings is 1. The first-order valence-corrected chi connectivity index (χ1v) is 8.06. The number of amides is 2. The second-order valence-corrected chi connectivity index (χ2v) is 5.92. The quantitative estimate of drug-likeness (QED) is 0.281. The molecule has 1 aliphatic heterocycles. The van der Waals surface area contributed by atoms with E-state index in [0.29, 0.717) is 13.0 Å². The van der Waals surface area contributed by atoms with Crippen LogP contribution in [-0.4, -0.2) is 41.7 Å². The first-order valence-electron chi connectivity index (χ1n) is 8.06. The molecule has 1 saturated heterocycles. The van der Waals surface area contributed by atoms with Crippen LogP contribution < -0.4 is 16.1 Å². The maximum atomic E-state index is 12.5. The minimum atomic E-state index is -1.20. The van der Waals surface area contributed by atoms with Crippen molar-refractivity contribution in [3.8, 4) is 12.3 Å². The van der Waals surface area contributed by atoms with Crippen molar-refractivity contribution in [1.82, 2.24) is 5.32 Å². The van der Waals surface area contributed by atoms with Crippen LogP contribution >= 0.6 is 0 Å². The lowest BCUT2D eigenvalue weighted by atomic mass is 10.0. The van der Waals surface area contributed by atoms with Crippen LogP contribution in [0, 0.1) is 18.3 Å². The molecule has 2 rings (SSSR count). The number of anilines is 1. The van der Waals surface area contributed by atoms with E-state index < -0.39 is 23.8 Å². The summed E-state index contributed by atoms with van der Waals surface area (Å²) < 4.78 is 0. The monoisotopic (exact) mass is 356 g/mol. The molecule has 26 heavy (non-hydrogen) atoms. The van der Waals surface area contributed by atoms with Gasteiger partial charge in [-0.05, 0) is 24.1 Å². The summed E-state index contributed by atoms with van der Waals surface area (Å²) in [6, 6.07) is 6.00. The Labute approximate surface area is 151 Å². The fraction of sp³-hybridized carbons (Fsp3) is 0.333. The molecule has 0 bridgehead atoms. The molecule has 0 saturated carbocycles. The number of nitrogens with one attached hydrogen (secondary N) is 1. The van der Waals surface area contributed by atoms with Gasteiger partial charge in [0.25, 0.3) is 0 Å². The highest BCUT2D eigenvalue weighted by atomic mass is 16.4. The molecule has 1 aromatic rings. The lowest BCUT2D eigenvalue weighted by molar-refractivity contribution is -0.141. The van der Waals surface area contributed by atoms with E-state index in [1.807, 2.05) is 0 Å². The molecule has 1 aromatic carbocycles. The number of carbonyl (C=O) groups is 3. The highest BCUT2D eigenvalue weighted by Crippen LogP contribution is 2.27. The molecule has 8 heteroatoms. The summed E-state index contributed by atoms with van der Waals surface area (Å²) in [5, 5.41) is 14.8. The van der Waals surface area contributed by atoms with Crippen molar-refractivity contribution < 1.29 is 19.5 Å². The number of hydrazone groups is 1. The van der Waals surface area contributed by atoms with Gasteiger partial charge < -0.3 is 21.2 Å². The van der Waals surface area contributed by atoms with Crippen molar-refractivity contribution in [1.29, 1.82) is 0 Å². The summed E-state index contributed by atoms with van der Waals surface area (Å²) in [4.78, 5) is 37.2. The third-order valence-electron chi connectivity index (χ3n) is 4.13. The van der Waals surface area contributed by atoms with Crippen molar-refractivity contribution in [2.45, 2.75) is 25.3 Å². The maximum absolute atomic E-state index is 12.5. The number of carboxylic acids is 1. The maximum Gasteiger partial charge on any atom is 0.327 e. The smallest absolute Gasteiger partial charge is 0.327 e. The van der Waals surface area contributed by atoms with E-state index in [1.165, 1.54) is 6.21 Å². The van der Waals surface area contributed by atoms with E-state index >= 15 is 0 Å². The van der Waals surface area contributed by atoms with Crippen LogP contribution in [0.1, 0.15) is 24.8 Å². The van der Waals surface area contributed by atoms with Crippen molar-refractivity contribution in [2.75, 3.05) is 11.4 Å². The van der Waals surface area contributed by atoms with E-state index in [0.717, 1.165) is 11.3 Å². The van der Waals surface area contributed by atoms with E-state index in [-0.39, 0.29) is 18.7 Å². The van der Waals surface area contributed by atoms with Crippen LogP contribution in [0.5, 0.6) is 0 Å². The molecular weight excluding hydrogens is 336 g/mol. The van der Waals surface area contributed by atoms with Gasteiger partial charge in [-0.3, -0.25) is 9.59 Å². The topological polar surface area (TPSA) is 125 Å². The zero-order valence-electron chi connectivity index (χ0n) is 14.1. The summed E-state index contributed by atoms with van der Waals surface area (Å²) in [7, 11) is 0. The highest BCUT2D eigenvalue weighted by Gasteiger charge is 2.34. The Bertz CT molecular complexity index is 751. The SMILES string of the molecule is C#CC[C@H](NC(=O)CC1CCN(c2ccc(C=NN)cc2)C1=O)C(=O)O. The number of terminal acetylenes is 1. The molecule has 1 heterocycles. The van der Waals surface area contributed by atoms with Gasteiger partial charge in [-0.25, -0.2) is 4.79 Å². The molecule has 2 atom stereocenters. The predicted octanol–water partition coefficient (Wildman–Crippen LogP) is 0.315. The van der Waals surface area contributed by atoms with Crippen LogP contribution in [-0.2, 0) is 14.4 Å². The molecule has 0 spiro atoms. The Hall–Kier alpha value is -3.34. The van der Waals surface area contributed by atoms with Crippen molar-refractivity contribution in [3.63, 3.8) is 0 Å². The van der Waals surface area contributed by atoms with Crippen LogP contribution in [0.3, 0.4) is 0 Å². The molecule has 2 amide bonds. The molecule has 1 aliphatic rings. The van der Waals surface area contributed by atoms with E-state index in [9.17, 15) is 14.4 Å². The molecule has 0 aliphatic carbocycles. The minimum Gasteiger partial charge on any atom is -0.480 e. The zero-order chi connectivity index (χ0) is 19.1. The van der Waals surface area contributed by atoms with Gasteiger partial charge in [0.1, 0.15) is 6.04 Å². The first-order chi connectivity index (χ1) is 12.5. The third kappa shape index (κ3) is 4.60. The Kier molecular flexibility index (Phi) is 6.33. The van der Waals surface area contributed by atoms with Gasteiger partial charge in [-0.2, -0.15) is 5.10 Å². The second-order valence-electron chi connectivity index (χ2n) is 5.92. The average molecular weight is 356 g/mol. The minimum absolute atomic E-state index is 0.0679. The molecule has 1 fully saturated rings. The predicted molar refractivity (Wildman–Crippen MR) is 96.3 cm³/mol. The highest BCUT2D eigenvalue weighted by molar-refractivity contribution is 5.99. The van der Waals surface area contributed by atoms with Gasteiger partial charge in [0.05, 0.1) is 6.21 Å². The Morgan fingerprint density at radius 2 is 2.15 bits per heavy atom. The molecule has 8 nitrogen and oxygen atoms in total. The summed E-state index contributed by atoms with van der Waals surface area (Å²) in [6.07, 6.45) is 6.94. The van der Waals surface area contributed by atoms with Crippen LogP contribution in [0.25, 0.3) is 0 Å². The number of aliphatic carboxylic acids is 1. The fourth-order valence-corrected chi connectivity index (χ4v) is 2.81. The van der Waals surface area contributed by atoms with E-state index in [2.05, 4.69) is 16.3 Å². The number of rotatable bonds is 7. The van der Waals surface area contributed by atoms with Gasteiger partial charge in [0.2, 0.25) is 11.8 Å². The Morgan fingerprint density at radius 3 is 2.73 bits per heavy atom. The van der Waals surface area contributed by atoms with Gasteiger partial charge in [0, 0.05) is 31.0 Å². The van der Waals surface area contributed by atoms with Gasteiger partial charge in [-0.15, -0.1) is 12.3 Å². The average Bonchev–Trinajstić information content (AvgIpc) is 2.96. The molecule has 0 radical (unpaired) electrons. The lowest BCUT2D eigenvalue weighted by Gasteiger charge is -2.17. The standard InChI is InChI=1S/C18H20N4O4/c1-2-3-15(18(25)26)21-16(23)10-13-8-9-22(17(13)24)14-6-4-12(5-7-14)11-20-19/h1,4-7,11,13,15H,3,8-10,19H2,(H,21,23)(H,25,26)/t13?,15-/m0/s1. The number of nitrogens with zero attached hydrogens (tertiary/aromatic N) is 2. The van der Waals surface area contributed by atoms with E-state index in [1.54, 1.807) is 29.2 Å². The van der Waals surface area contributed by atoms with Crippen molar-refractivity contribution in [2.24, 2.45) is 16.9 Å². The largest absolute Gasteiger partial charge is 0.480 e. The first kappa shape index (κ1) is 19.0. The summed E-state index contributed by atoms with van der Waals surface area (Å²) >= 11 is 0.